The number of fused-ring (bicyclic) bond motifs is 2. The molecule has 0 unspecified atom stereocenters. The molecule has 5 nitrogen and oxygen atoms in total. The number of para-hydroxylation sites is 3. The highest BCUT2D eigenvalue weighted by Crippen LogP contribution is 2.23. The summed E-state index contributed by atoms with van der Waals surface area (Å²) in [5, 5.41) is 2.88. The van der Waals surface area contributed by atoms with E-state index in [4.69, 9.17) is 9.72 Å². The third-order valence-electron chi connectivity index (χ3n) is 4.19. The zero-order valence-electron chi connectivity index (χ0n) is 14.8. The molecular weight excluding hydrogens is 314 g/mol. The van der Waals surface area contributed by atoms with E-state index in [0.717, 1.165) is 40.8 Å². The van der Waals surface area contributed by atoms with Gasteiger partial charge in [0.25, 0.3) is 0 Å². The van der Waals surface area contributed by atoms with E-state index in [2.05, 4.69) is 16.0 Å². The zero-order valence-corrected chi connectivity index (χ0v) is 14.8. The Morgan fingerprint density at radius 3 is 2.80 bits per heavy atom. The van der Waals surface area contributed by atoms with Gasteiger partial charge in [-0.15, -0.1) is 0 Å². The quantitative estimate of drug-likeness (QED) is 0.409. The minimum Gasteiger partial charge on any atom is -0.491 e. The zero-order chi connectivity index (χ0) is 17.6. The molecule has 0 fully saturated rings. The second kappa shape index (κ2) is 7.92. The first kappa shape index (κ1) is 17.1. The monoisotopic (exact) mass is 338 g/mol. The number of carbonyl (C=O) groups excluding carboxylic acids is 1. The van der Waals surface area contributed by atoms with Crippen LogP contribution < -0.4 is 14.6 Å². The van der Waals surface area contributed by atoms with Gasteiger partial charge in [-0.05, 0) is 25.0 Å². The van der Waals surface area contributed by atoms with E-state index in [1.165, 1.54) is 0 Å². The van der Waals surface area contributed by atoms with Crippen LogP contribution in [0.25, 0.3) is 22.1 Å². The van der Waals surface area contributed by atoms with Crippen molar-refractivity contribution in [3.63, 3.8) is 0 Å². The van der Waals surface area contributed by atoms with Gasteiger partial charge < -0.3 is 10.1 Å². The molecule has 0 aliphatic rings. The molecule has 0 atom stereocenters. The molecule has 1 N–H and O–H groups in total. The van der Waals surface area contributed by atoms with Crippen LogP contribution in [-0.4, -0.2) is 24.0 Å². The van der Waals surface area contributed by atoms with Gasteiger partial charge in [0.1, 0.15) is 12.6 Å². The number of aromatic nitrogens is 2. The molecule has 25 heavy (non-hydrogen) atoms. The number of nitrogens with zero attached hydrogens (tertiary/aromatic N) is 2. The average molecular weight is 338 g/mol. The Hall–Kier alpha value is -2.69. The van der Waals surface area contributed by atoms with Crippen LogP contribution in [0.15, 0.2) is 42.5 Å². The van der Waals surface area contributed by atoms with Crippen molar-refractivity contribution in [1.82, 2.24) is 10.3 Å². The number of rotatable bonds is 7. The van der Waals surface area contributed by atoms with E-state index < -0.39 is 0 Å². The topological polar surface area (TPSA) is 55.1 Å². The molecule has 0 aliphatic heterocycles. The van der Waals surface area contributed by atoms with Crippen LogP contribution in [0.1, 0.15) is 26.2 Å². The first-order valence-electron chi connectivity index (χ1n) is 8.77. The maximum atomic E-state index is 11.6. The number of hydrogen-bond donors (Lipinski definition) is 1. The van der Waals surface area contributed by atoms with Gasteiger partial charge >= 0.3 is 0 Å². The number of ether oxygens (including phenoxy) is 1. The lowest BCUT2D eigenvalue weighted by molar-refractivity contribution is -0.617. The van der Waals surface area contributed by atoms with Gasteiger partial charge in [0, 0.05) is 25.1 Å². The van der Waals surface area contributed by atoms with Gasteiger partial charge in [0.2, 0.25) is 16.9 Å². The van der Waals surface area contributed by atoms with Crippen LogP contribution in [0.4, 0.5) is 0 Å². The van der Waals surface area contributed by atoms with Gasteiger partial charge in [-0.1, -0.05) is 25.1 Å². The molecule has 0 bridgehead atoms. The van der Waals surface area contributed by atoms with Crippen LogP contribution in [0.5, 0.6) is 5.75 Å². The largest absolute Gasteiger partial charge is 0.491 e. The smallest absolute Gasteiger partial charge is 0.235 e. The maximum absolute atomic E-state index is 11.6. The fraction of sp³-hybridized carbons (Fsp3) is 0.350. The summed E-state index contributed by atoms with van der Waals surface area (Å²) >= 11 is 0. The van der Waals surface area contributed by atoms with Crippen LogP contribution >= 0.6 is 0 Å². The average Bonchev–Trinajstić information content (AvgIpc) is 2.64. The van der Waals surface area contributed by atoms with Crippen molar-refractivity contribution in [3.05, 3.63) is 42.5 Å². The minimum absolute atomic E-state index is 0.0823. The summed E-state index contributed by atoms with van der Waals surface area (Å²) < 4.78 is 8.05. The summed E-state index contributed by atoms with van der Waals surface area (Å²) in [5.41, 5.74) is 3.89. The molecule has 0 spiro atoms. The molecule has 2 aromatic carbocycles. The van der Waals surface area contributed by atoms with E-state index in [0.29, 0.717) is 19.4 Å². The van der Waals surface area contributed by atoms with Gasteiger partial charge in [0.15, 0.2) is 11.3 Å². The molecule has 3 rings (SSSR count). The summed E-state index contributed by atoms with van der Waals surface area (Å²) in [6, 6.07) is 14.0. The molecule has 0 aliphatic carbocycles. The van der Waals surface area contributed by atoms with Crippen molar-refractivity contribution in [1.29, 1.82) is 0 Å². The van der Waals surface area contributed by atoms with Gasteiger partial charge in [-0.3, -0.25) is 4.79 Å². The lowest BCUT2D eigenvalue weighted by atomic mass is 10.2. The lowest BCUT2D eigenvalue weighted by Gasteiger charge is -2.09. The van der Waals surface area contributed by atoms with Crippen molar-refractivity contribution in [2.24, 2.45) is 7.05 Å². The molecule has 1 heterocycles. The summed E-state index contributed by atoms with van der Waals surface area (Å²) in [7, 11) is 2.04. The van der Waals surface area contributed by atoms with Crippen molar-refractivity contribution < 1.29 is 14.1 Å². The van der Waals surface area contributed by atoms with Gasteiger partial charge in [-0.25, -0.2) is 4.98 Å². The SMILES string of the molecule is CCCNC(=O)CCCOc1cccc2c1nc1ccccc1[n+]2C. The van der Waals surface area contributed by atoms with Gasteiger partial charge in [-0.2, -0.15) is 4.57 Å². The van der Waals surface area contributed by atoms with E-state index in [1.54, 1.807) is 0 Å². The second-order valence-corrected chi connectivity index (χ2v) is 6.09. The van der Waals surface area contributed by atoms with E-state index in [9.17, 15) is 4.79 Å². The third-order valence-corrected chi connectivity index (χ3v) is 4.19. The molecule has 0 saturated heterocycles. The van der Waals surface area contributed by atoms with Crippen molar-refractivity contribution in [2.75, 3.05) is 13.2 Å². The fourth-order valence-corrected chi connectivity index (χ4v) is 2.87. The molecule has 130 valence electrons. The minimum atomic E-state index is 0.0823. The molecule has 1 amide bonds. The Bertz CT molecular complexity index is 893. The molecule has 1 aromatic heterocycles. The van der Waals surface area contributed by atoms with Crippen molar-refractivity contribution >= 4 is 28.0 Å². The molecular formula is C20H24N3O2+. The Morgan fingerprint density at radius 2 is 1.96 bits per heavy atom. The van der Waals surface area contributed by atoms with Crippen LogP contribution in [0.2, 0.25) is 0 Å². The summed E-state index contributed by atoms with van der Waals surface area (Å²) in [4.78, 5) is 16.4. The third kappa shape index (κ3) is 3.87. The summed E-state index contributed by atoms with van der Waals surface area (Å²) in [6.45, 7) is 3.27. The van der Waals surface area contributed by atoms with Crippen LogP contribution in [0, 0.1) is 0 Å². The number of amides is 1. The number of aryl methyl sites for hydroxylation is 1. The summed E-state index contributed by atoms with van der Waals surface area (Å²) in [5.74, 6) is 0.840. The van der Waals surface area contributed by atoms with Crippen molar-refractivity contribution in [3.8, 4) is 5.75 Å². The standard InChI is InChI=1S/C20H23N3O2/c1-3-13-21-19(24)12-7-14-25-18-11-6-10-17-20(18)22-15-8-4-5-9-16(15)23(17)2/h4-6,8-11H,3,7,12-14H2,1-2H3/p+1. The van der Waals surface area contributed by atoms with Crippen LogP contribution in [-0.2, 0) is 11.8 Å². The molecule has 5 heteroatoms. The first-order chi connectivity index (χ1) is 12.2. The first-order valence-corrected chi connectivity index (χ1v) is 8.77. The van der Waals surface area contributed by atoms with Gasteiger partial charge in [0.05, 0.1) is 6.61 Å². The highest BCUT2D eigenvalue weighted by molar-refractivity contribution is 5.85. The number of carbonyl (C=O) groups is 1. The van der Waals surface area contributed by atoms with E-state index in [-0.39, 0.29) is 5.91 Å². The number of hydrogen-bond acceptors (Lipinski definition) is 3. The molecule has 0 saturated carbocycles. The second-order valence-electron chi connectivity index (χ2n) is 6.09. The highest BCUT2D eigenvalue weighted by atomic mass is 16.5. The highest BCUT2D eigenvalue weighted by Gasteiger charge is 2.15. The Labute approximate surface area is 147 Å². The normalized spacial score (nSPS) is 11.0. The number of nitrogens with one attached hydrogen (secondary N) is 1. The predicted molar refractivity (Wildman–Crippen MR) is 98.5 cm³/mol. The van der Waals surface area contributed by atoms with Crippen molar-refractivity contribution in [2.45, 2.75) is 26.2 Å². The lowest BCUT2D eigenvalue weighted by Crippen LogP contribution is -2.30. The maximum Gasteiger partial charge on any atom is 0.235 e. The predicted octanol–water partition coefficient (Wildman–Crippen LogP) is 2.90. The fourth-order valence-electron chi connectivity index (χ4n) is 2.87. The molecule has 3 aromatic rings. The van der Waals surface area contributed by atoms with Crippen LogP contribution in [0.3, 0.4) is 0 Å². The van der Waals surface area contributed by atoms with E-state index in [1.807, 2.05) is 50.4 Å². The summed E-state index contributed by atoms with van der Waals surface area (Å²) in [6.07, 6.45) is 2.12. The molecule has 0 radical (unpaired) electrons. The number of benzene rings is 2. The Balaban J connectivity index is 1.75. The Kier molecular flexibility index (Phi) is 5.43. The van der Waals surface area contributed by atoms with E-state index >= 15 is 0 Å². The Morgan fingerprint density at radius 1 is 1.16 bits per heavy atom.